The van der Waals surface area contributed by atoms with E-state index in [1.807, 2.05) is 54.6 Å². The van der Waals surface area contributed by atoms with Crippen LogP contribution in [-0.4, -0.2) is 57.6 Å². The molecular formula is C32H40BrN3O5S. The average molecular weight is 659 g/mol. The van der Waals surface area contributed by atoms with Crippen molar-refractivity contribution < 1.29 is 22.7 Å². The number of carbonyl (C=O) groups is 2. The monoisotopic (exact) mass is 657 g/mol. The molecule has 0 radical (unpaired) electrons. The lowest BCUT2D eigenvalue weighted by Gasteiger charge is -2.32. The van der Waals surface area contributed by atoms with Crippen molar-refractivity contribution in [1.82, 2.24) is 10.2 Å². The van der Waals surface area contributed by atoms with Crippen molar-refractivity contribution in [1.29, 1.82) is 0 Å². The Morgan fingerprint density at radius 2 is 1.60 bits per heavy atom. The fourth-order valence-corrected chi connectivity index (χ4v) is 5.90. The normalized spacial score (nSPS) is 11.9. The average Bonchev–Trinajstić information content (AvgIpc) is 2.98. The Morgan fingerprint density at radius 3 is 2.24 bits per heavy atom. The molecule has 0 aliphatic carbocycles. The van der Waals surface area contributed by atoms with Gasteiger partial charge in [0.15, 0.2) is 0 Å². The Kier molecular flexibility index (Phi) is 12.9. The molecule has 0 saturated heterocycles. The SMILES string of the molecule is CCCCNC(=O)C(Cc1ccccc1)N(Cc1ccc(Br)cc1)C(=O)CCCN(c1ccccc1OC)S(C)(=O)=O. The van der Waals surface area contributed by atoms with Crippen LogP contribution >= 0.6 is 15.9 Å². The van der Waals surface area contributed by atoms with E-state index in [-0.39, 0.29) is 37.7 Å². The Bertz CT molecular complexity index is 1400. The van der Waals surface area contributed by atoms with Gasteiger partial charge >= 0.3 is 0 Å². The first-order chi connectivity index (χ1) is 20.1. The zero-order chi connectivity index (χ0) is 30.5. The molecule has 0 spiro atoms. The summed E-state index contributed by atoms with van der Waals surface area (Å²) < 4.78 is 33.0. The van der Waals surface area contributed by atoms with Gasteiger partial charge in [-0.2, -0.15) is 0 Å². The minimum atomic E-state index is -3.64. The highest BCUT2D eigenvalue weighted by molar-refractivity contribution is 9.10. The lowest BCUT2D eigenvalue weighted by Crippen LogP contribution is -2.50. The van der Waals surface area contributed by atoms with Crippen LogP contribution in [0.5, 0.6) is 5.75 Å². The molecular weight excluding hydrogens is 618 g/mol. The molecule has 1 unspecified atom stereocenters. The number of hydrogen-bond acceptors (Lipinski definition) is 5. The first kappa shape index (κ1) is 33.1. The molecule has 0 aliphatic rings. The van der Waals surface area contributed by atoms with E-state index in [0.29, 0.717) is 24.4 Å². The smallest absolute Gasteiger partial charge is 0.243 e. The van der Waals surface area contributed by atoms with Crippen LogP contribution in [0, 0.1) is 0 Å². The summed E-state index contributed by atoms with van der Waals surface area (Å²) in [6.45, 7) is 2.92. The van der Waals surface area contributed by atoms with E-state index in [4.69, 9.17) is 4.74 Å². The molecule has 0 aromatic heterocycles. The molecule has 0 aliphatic heterocycles. The molecule has 0 fully saturated rings. The topological polar surface area (TPSA) is 96.0 Å². The van der Waals surface area contributed by atoms with Crippen LogP contribution in [0.25, 0.3) is 0 Å². The molecule has 1 atom stereocenters. The van der Waals surface area contributed by atoms with Crippen molar-refractivity contribution >= 4 is 43.5 Å². The number of methoxy groups -OCH3 is 1. The van der Waals surface area contributed by atoms with E-state index < -0.39 is 16.1 Å². The third-order valence-corrected chi connectivity index (χ3v) is 8.58. The number of benzene rings is 3. The molecule has 3 aromatic carbocycles. The first-order valence-electron chi connectivity index (χ1n) is 14.1. The number of hydrogen-bond donors (Lipinski definition) is 1. The molecule has 0 heterocycles. The Balaban J connectivity index is 1.88. The number of carbonyl (C=O) groups excluding carboxylic acids is 2. The molecule has 0 bridgehead atoms. The lowest BCUT2D eigenvalue weighted by atomic mass is 10.0. The number of rotatable bonds is 16. The zero-order valence-electron chi connectivity index (χ0n) is 24.5. The predicted octanol–water partition coefficient (Wildman–Crippen LogP) is 5.56. The predicted molar refractivity (Wildman–Crippen MR) is 171 cm³/mol. The maximum absolute atomic E-state index is 13.9. The van der Waals surface area contributed by atoms with Crippen LogP contribution in [0.4, 0.5) is 5.69 Å². The van der Waals surface area contributed by atoms with Crippen molar-refractivity contribution in [2.24, 2.45) is 0 Å². The standard InChI is InChI=1S/C32H40BrN3O5S/c1-4-5-21-34-32(38)29(23-25-12-7-6-8-13-25)35(24-26-17-19-27(33)20-18-26)31(37)16-11-22-36(42(3,39)40)28-14-9-10-15-30(28)41-2/h6-10,12-15,17-20,29H,4-5,11,16,21-24H2,1-3H3,(H,34,38). The highest BCUT2D eigenvalue weighted by Crippen LogP contribution is 2.30. The van der Waals surface area contributed by atoms with Gasteiger partial charge in [0.2, 0.25) is 21.8 Å². The minimum Gasteiger partial charge on any atom is -0.495 e. The van der Waals surface area contributed by atoms with Crippen molar-refractivity contribution in [3.63, 3.8) is 0 Å². The van der Waals surface area contributed by atoms with E-state index in [1.54, 1.807) is 29.2 Å². The number of amides is 2. The van der Waals surface area contributed by atoms with Gasteiger partial charge in [0, 0.05) is 36.9 Å². The van der Waals surface area contributed by atoms with Crippen LogP contribution in [0.2, 0.25) is 0 Å². The molecule has 8 nitrogen and oxygen atoms in total. The van der Waals surface area contributed by atoms with Crippen LogP contribution < -0.4 is 14.4 Å². The second kappa shape index (κ2) is 16.3. The van der Waals surface area contributed by atoms with Gasteiger partial charge in [0.1, 0.15) is 11.8 Å². The maximum atomic E-state index is 13.9. The molecule has 0 saturated carbocycles. The van der Waals surface area contributed by atoms with Crippen LogP contribution in [0.1, 0.15) is 43.7 Å². The van der Waals surface area contributed by atoms with Crippen LogP contribution in [0.15, 0.2) is 83.3 Å². The molecule has 42 heavy (non-hydrogen) atoms. The van der Waals surface area contributed by atoms with Crippen molar-refractivity contribution in [2.45, 2.75) is 51.6 Å². The summed E-state index contributed by atoms with van der Waals surface area (Å²) in [6, 6.07) is 23.5. The van der Waals surface area contributed by atoms with Gasteiger partial charge < -0.3 is 15.0 Å². The fourth-order valence-electron chi connectivity index (χ4n) is 4.66. The summed E-state index contributed by atoms with van der Waals surface area (Å²) >= 11 is 3.46. The second-order valence-electron chi connectivity index (χ2n) is 10.1. The van der Waals surface area contributed by atoms with Gasteiger partial charge in [-0.25, -0.2) is 8.42 Å². The Morgan fingerprint density at radius 1 is 0.929 bits per heavy atom. The first-order valence-corrected chi connectivity index (χ1v) is 16.7. The third kappa shape index (κ3) is 9.87. The van der Waals surface area contributed by atoms with Crippen LogP contribution in [0.3, 0.4) is 0 Å². The summed E-state index contributed by atoms with van der Waals surface area (Å²) in [5.41, 5.74) is 2.25. The number of nitrogens with one attached hydrogen (secondary N) is 1. The minimum absolute atomic E-state index is 0.0607. The number of halogens is 1. The third-order valence-electron chi connectivity index (χ3n) is 6.87. The molecule has 2 amide bonds. The van der Waals surface area contributed by atoms with Gasteiger partial charge in [0.05, 0.1) is 19.1 Å². The van der Waals surface area contributed by atoms with Crippen LogP contribution in [-0.2, 0) is 32.6 Å². The summed E-state index contributed by atoms with van der Waals surface area (Å²) in [6.07, 6.45) is 3.60. The molecule has 1 N–H and O–H groups in total. The summed E-state index contributed by atoms with van der Waals surface area (Å²) in [4.78, 5) is 29.1. The van der Waals surface area contributed by atoms with E-state index in [1.165, 1.54) is 11.4 Å². The van der Waals surface area contributed by atoms with Gasteiger partial charge in [0.25, 0.3) is 0 Å². The highest BCUT2D eigenvalue weighted by atomic mass is 79.9. The second-order valence-corrected chi connectivity index (χ2v) is 12.9. The lowest BCUT2D eigenvalue weighted by molar-refractivity contribution is -0.141. The summed E-state index contributed by atoms with van der Waals surface area (Å²) in [7, 11) is -2.16. The van der Waals surface area contributed by atoms with Crippen molar-refractivity contribution in [3.05, 3.63) is 94.5 Å². The highest BCUT2D eigenvalue weighted by Gasteiger charge is 2.30. The largest absolute Gasteiger partial charge is 0.495 e. The molecule has 226 valence electrons. The van der Waals surface area contributed by atoms with Gasteiger partial charge in [-0.15, -0.1) is 0 Å². The van der Waals surface area contributed by atoms with Gasteiger partial charge in [-0.3, -0.25) is 13.9 Å². The van der Waals surface area contributed by atoms with Crippen molar-refractivity contribution in [2.75, 3.05) is 30.8 Å². The number of ether oxygens (including phenoxy) is 1. The number of unbranched alkanes of at least 4 members (excludes halogenated alkanes) is 1. The number of nitrogens with zero attached hydrogens (tertiary/aromatic N) is 2. The van der Waals surface area contributed by atoms with E-state index in [9.17, 15) is 18.0 Å². The molecule has 10 heteroatoms. The number of anilines is 1. The summed E-state index contributed by atoms with van der Waals surface area (Å²) in [5.74, 6) is 0.000287. The summed E-state index contributed by atoms with van der Waals surface area (Å²) in [5, 5.41) is 3.02. The van der Waals surface area contributed by atoms with Crippen molar-refractivity contribution in [3.8, 4) is 5.75 Å². The maximum Gasteiger partial charge on any atom is 0.243 e. The Hall–Kier alpha value is -3.37. The van der Waals surface area contributed by atoms with E-state index in [0.717, 1.165) is 34.7 Å². The van der Waals surface area contributed by atoms with Gasteiger partial charge in [-0.05, 0) is 48.2 Å². The Labute approximate surface area is 258 Å². The quantitative estimate of drug-likeness (QED) is 0.204. The molecule has 3 aromatic rings. The zero-order valence-corrected chi connectivity index (χ0v) is 26.9. The number of sulfonamides is 1. The molecule has 3 rings (SSSR count). The fraction of sp³-hybridized carbons (Fsp3) is 0.375. The number of para-hydroxylation sites is 2. The van der Waals surface area contributed by atoms with Gasteiger partial charge in [-0.1, -0.05) is 83.9 Å². The van der Waals surface area contributed by atoms with E-state index >= 15 is 0 Å². The van der Waals surface area contributed by atoms with E-state index in [2.05, 4.69) is 28.2 Å².